The summed E-state index contributed by atoms with van der Waals surface area (Å²) in [4.78, 5) is 2.49. The van der Waals surface area contributed by atoms with Crippen LogP contribution in [0.2, 0.25) is 0 Å². The predicted molar refractivity (Wildman–Crippen MR) is 79.0 cm³/mol. The van der Waals surface area contributed by atoms with Gasteiger partial charge in [-0.15, -0.1) is 0 Å². The quantitative estimate of drug-likeness (QED) is 0.910. The summed E-state index contributed by atoms with van der Waals surface area (Å²) in [6.07, 6.45) is 2.53. The minimum atomic E-state index is 0.245. The number of nitrogens with zero attached hydrogens (tertiary/aromatic N) is 1. The largest absolute Gasteiger partial charge is 0.465 e. The Labute approximate surface area is 117 Å². The van der Waals surface area contributed by atoms with E-state index in [4.69, 9.17) is 10.2 Å². The van der Waals surface area contributed by atoms with E-state index < -0.39 is 0 Å². The lowest BCUT2D eigenvalue weighted by molar-refractivity contribution is 0.0770. The lowest BCUT2D eigenvalue weighted by atomic mass is 9.75. The van der Waals surface area contributed by atoms with Gasteiger partial charge in [0.1, 0.15) is 11.5 Å². The van der Waals surface area contributed by atoms with E-state index in [2.05, 4.69) is 31.7 Å². The molecule has 19 heavy (non-hydrogen) atoms. The molecule has 1 aromatic rings. The van der Waals surface area contributed by atoms with Crippen LogP contribution < -0.4 is 5.73 Å². The molecule has 1 fully saturated rings. The van der Waals surface area contributed by atoms with E-state index in [1.807, 2.05) is 13.0 Å². The summed E-state index contributed by atoms with van der Waals surface area (Å²) in [6, 6.07) is 4.34. The van der Waals surface area contributed by atoms with Gasteiger partial charge in [-0.3, -0.25) is 4.90 Å². The molecule has 1 saturated heterocycles. The number of nitrogens with two attached hydrogens (primary N) is 1. The van der Waals surface area contributed by atoms with Crippen molar-refractivity contribution in [3.05, 3.63) is 23.7 Å². The van der Waals surface area contributed by atoms with Gasteiger partial charge < -0.3 is 10.2 Å². The third-order valence-corrected chi connectivity index (χ3v) is 4.51. The van der Waals surface area contributed by atoms with E-state index in [9.17, 15) is 0 Å². The van der Waals surface area contributed by atoms with E-state index in [1.165, 1.54) is 12.8 Å². The van der Waals surface area contributed by atoms with Crippen molar-refractivity contribution >= 4 is 0 Å². The molecule has 1 aliphatic rings. The van der Waals surface area contributed by atoms with Gasteiger partial charge in [0.05, 0.1) is 6.04 Å². The van der Waals surface area contributed by atoms with Crippen molar-refractivity contribution < 1.29 is 4.42 Å². The van der Waals surface area contributed by atoms with E-state index in [0.29, 0.717) is 12.0 Å². The monoisotopic (exact) mass is 264 g/mol. The zero-order valence-electron chi connectivity index (χ0n) is 12.8. The SMILES string of the molecule is Cc1ccc(C(CN)N2CCC(C(C)(C)C)CC2)o1. The molecule has 0 bridgehead atoms. The van der Waals surface area contributed by atoms with Crippen LogP contribution in [-0.4, -0.2) is 24.5 Å². The minimum Gasteiger partial charge on any atom is -0.465 e. The number of likely N-dealkylation sites (tertiary alicyclic amines) is 1. The molecule has 0 saturated carbocycles. The van der Waals surface area contributed by atoms with Gasteiger partial charge in [0.2, 0.25) is 0 Å². The summed E-state index contributed by atoms with van der Waals surface area (Å²) >= 11 is 0. The molecule has 0 amide bonds. The smallest absolute Gasteiger partial charge is 0.122 e. The summed E-state index contributed by atoms with van der Waals surface area (Å²) in [6.45, 7) is 11.9. The van der Waals surface area contributed by atoms with E-state index in [-0.39, 0.29) is 6.04 Å². The Kier molecular flexibility index (Phi) is 4.36. The Morgan fingerprint density at radius 2 is 1.95 bits per heavy atom. The summed E-state index contributed by atoms with van der Waals surface area (Å²) < 4.78 is 5.76. The highest BCUT2D eigenvalue weighted by Gasteiger charge is 2.32. The Hall–Kier alpha value is -0.800. The molecule has 0 aliphatic carbocycles. The van der Waals surface area contributed by atoms with Gasteiger partial charge in [0, 0.05) is 6.54 Å². The summed E-state index contributed by atoms with van der Waals surface area (Å²) in [5.74, 6) is 2.81. The number of aryl methyl sites for hydroxylation is 1. The maximum absolute atomic E-state index is 5.96. The molecule has 3 heteroatoms. The van der Waals surface area contributed by atoms with Gasteiger partial charge in [0.25, 0.3) is 0 Å². The molecule has 3 nitrogen and oxygen atoms in total. The van der Waals surface area contributed by atoms with E-state index in [1.54, 1.807) is 0 Å². The predicted octanol–water partition coefficient (Wildman–Crippen LogP) is 3.35. The summed E-state index contributed by atoms with van der Waals surface area (Å²) in [5.41, 5.74) is 6.39. The average Bonchev–Trinajstić information content (AvgIpc) is 2.76. The molecule has 1 atom stereocenters. The first-order valence-corrected chi connectivity index (χ1v) is 7.42. The zero-order chi connectivity index (χ0) is 14.0. The van der Waals surface area contributed by atoms with Crippen LogP contribution in [-0.2, 0) is 0 Å². The minimum absolute atomic E-state index is 0.245. The highest BCUT2D eigenvalue weighted by molar-refractivity contribution is 5.10. The molecule has 0 aromatic carbocycles. The molecule has 2 rings (SSSR count). The number of piperidine rings is 1. The summed E-state index contributed by atoms with van der Waals surface area (Å²) in [7, 11) is 0. The van der Waals surface area contributed by atoms with Crippen LogP contribution in [0.15, 0.2) is 16.5 Å². The third-order valence-electron chi connectivity index (χ3n) is 4.51. The number of hydrogen-bond donors (Lipinski definition) is 1. The Morgan fingerprint density at radius 1 is 1.32 bits per heavy atom. The van der Waals surface area contributed by atoms with Crippen molar-refractivity contribution in [2.45, 2.75) is 46.6 Å². The topological polar surface area (TPSA) is 42.4 Å². The molecule has 1 unspecified atom stereocenters. The van der Waals surface area contributed by atoms with Crippen LogP contribution in [0.1, 0.15) is 51.2 Å². The molecule has 2 N–H and O–H groups in total. The van der Waals surface area contributed by atoms with Gasteiger partial charge in [-0.25, -0.2) is 0 Å². The fraction of sp³-hybridized carbons (Fsp3) is 0.750. The van der Waals surface area contributed by atoms with E-state index in [0.717, 1.165) is 30.5 Å². The number of hydrogen-bond acceptors (Lipinski definition) is 3. The first-order chi connectivity index (χ1) is 8.91. The first kappa shape index (κ1) is 14.6. The maximum Gasteiger partial charge on any atom is 0.122 e. The lowest BCUT2D eigenvalue weighted by Gasteiger charge is -2.41. The molecule has 1 aromatic heterocycles. The first-order valence-electron chi connectivity index (χ1n) is 7.42. The van der Waals surface area contributed by atoms with Crippen molar-refractivity contribution in [2.24, 2.45) is 17.1 Å². The third kappa shape index (κ3) is 3.40. The zero-order valence-corrected chi connectivity index (χ0v) is 12.8. The lowest BCUT2D eigenvalue weighted by Crippen LogP contribution is -2.42. The molecule has 0 spiro atoms. The molecular formula is C16H28N2O. The second kappa shape index (κ2) is 5.68. The molecule has 1 aliphatic heterocycles. The van der Waals surface area contributed by atoms with Crippen LogP contribution in [0.25, 0.3) is 0 Å². The maximum atomic E-state index is 5.96. The Morgan fingerprint density at radius 3 is 2.37 bits per heavy atom. The average molecular weight is 264 g/mol. The fourth-order valence-corrected chi connectivity index (χ4v) is 3.15. The highest BCUT2D eigenvalue weighted by Crippen LogP contribution is 2.36. The van der Waals surface area contributed by atoms with Gasteiger partial charge in [0.15, 0.2) is 0 Å². The van der Waals surface area contributed by atoms with Crippen molar-refractivity contribution in [1.82, 2.24) is 4.90 Å². The van der Waals surface area contributed by atoms with Gasteiger partial charge in [-0.1, -0.05) is 20.8 Å². The van der Waals surface area contributed by atoms with Crippen LogP contribution >= 0.6 is 0 Å². The molecular weight excluding hydrogens is 236 g/mol. The van der Waals surface area contributed by atoms with Gasteiger partial charge >= 0.3 is 0 Å². The molecule has 2 heterocycles. The summed E-state index contributed by atoms with van der Waals surface area (Å²) in [5, 5.41) is 0. The Balaban J connectivity index is 1.99. The molecule has 108 valence electrons. The van der Waals surface area contributed by atoms with Crippen LogP contribution in [0.4, 0.5) is 0 Å². The van der Waals surface area contributed by atoms with Gasteiger partial charge in [-0.2, -0.15) is 0 Å². The highest BCUT2D eigenvalue weighted by atomic mass is 16.3. The van der Waals surface area contributed by atoms with Crippen molar-refractivity contribution in [3.8, 4) is 0 Å². The van der Waals surface area contributed by atoms with Crippen molar-refractivity contribution in [3.63, 3.8) is 0 Å². The molecule has 0 radical (unpaired) electrons. The van der Waals surface area contributed by atoms with Crippen LogP contribution in [0.5, 0.6) is 0 Å². The van der Waals surface area contributed by atoms with E-state index >= 15 is 0 Å². The normalized spacial score (nSPS) is 20.7. The second-order valence-corrected chi connectivity index (χ2v) is 6.88. The number of furan rings is 1. The second-order valence-electron chi connectivity index (χ2n) is 6.88. The standard InChI is InChI=1S/C16H28N2O/c1-12-5-6-15(19-12)14(11-17)18-9-7-13(8-10-18)16(2,3)4/h5-6,13-14H,7-11,17H2,1-4H3. The van der Waals surface area contributed by atoms with Crippen molar-refractivity contribution in [1.29, 1.82) is 0 Å². The van der Waals surface area contributed by atoms with Crippen LogP contribution in [0, 0.1) is 18.3 Å². The number of rotatable bonds is 3. The van der Waals surface area contributed by atoms with Gasteiger partial charge in [-0.05, 0) is 56.3 Å². The fourth-order valence-electron chi connectivity index (χ4n) is 3.15. The van der Waals surface area contributed by atoms with Crippen LogP contribution in [0.3, 0.4) is 0 Å². The Bertz CT molecular complexity index is 397. The van der Waals surface area contributed by atoms with Crippen molar-refractivity contribution in [2.75, 3.05) is 19.6 Å².